The highest BCUT2D eigenvalue weighted by atomic mass is 32.2. The van der Waals surface area contributed by atoms with Crippen molar-refractivity contribution in [3.05, 3.63) is 0 Å². The van der Waals surface area contributed by atoms with Crippen LogP contribution in [0.5, 0.6) is 0 Å². The second-order valence-electron chi connectivity index (χ2n) is 3.99. The van der Waals surface area contributed by atoms with Gasteiger partial charge >= 0.3 is 11.4 Å². The number of hydrogen-bond donors (Lipinski definition) is 1. The molecule has 1 aliphatic rings. The second-order valence-corrected chi connectivity index (χ2v) is 4.61. The predicted molar refractivity (Wildman–Crippen MR) is 57.2 cm³/mol. The Labute approximate surface area is 88.7 Å². The zero-order valence-electron chi connectivity index (χ0n) is 8.61. The first kappa shape index (κ1) is 12.1. The van der Waals surface area contributed by atoms with Gasteiger partial charge in [-0.2, -0.15) is 4.21 Å². The summed E-state index contributed by atoms with van der Waals surface area (Å²) in [5.74, 6) is 0. The summed E-state index contributed by atoms with van der Waals surface area (Å²) in [5, 5.41) is 0. The van der Waals surface area contributed by atoms with Gasteiger partial charge in [0.15, 0.2) is 0 Å². The molecule has 0 aromatic rings. The predicted octanol–water partition coefficient (Wildman–Crippen LogP) is 3.03. The molecule has 0 aromatic heterocycles. The van der Waals surface area contributed by atoms with Crippen molar-refractivity contribution in [2.75, 3.05) is 0 Å². The molecule has 1 saturated carbocycles. The summed E-state index contributed by atoms with van der Waals surface area (Å²) in [6, 6.07) is 0. The van der Waals surface area contributed by atoms with Gasteiger partial charge in [0.05, 0.1) is 6.10 Å². The van der Waals surface area contributed by atoms with Crippen molar-refractivity contribution in [2.24, 2.45) is 0 Å². The highest BCUT2D eigenvalue weighted by Gasteiger charge is 2.12. The summed E-state index contributed by atoms with van der Waals surface area (Å²) in [5.41, 5.74) is 0. The van der Waals surface area contributed by atoms with E-state index in [9.17, 15) is 4.21 Å². The molecule has 1 unspecified atom stereocenters. The molecule has 1 fully saturated rings. The smallest absolute Gasteiger partial charge is 0.284 e. The molecule has 0 aromatic carbocycles. The van der Waals surface area contributed by atoms with Crippen LogP contribution in [-0.4, -0.2) is 14.9 Å². The van der Waals surface area contributed by atoms with Gasteiger partial charge in [0, 0.05) is 0 Å². The summed E-state index contributed by atoms with van der Waals surface area (Å²) < 4.78 is 24.1. The summed E-state index contributed by atoms with van der Waals surface area (Å²) in [4.78, 5) is 0. The first-order valence-electron chi connectivity index (χ1n) is 5.57. The average molecular weight is 220 g/mol. The van der Waals surface area contributed by atoms with E-state index in [-0.39, 0.29) is 6.10 Å². The van der Waals surface area contributed by atoms with E-state index in [4.69, 9.17) is 8.74 Å². The van der Waals surface area contributed by atoms with Crippen LogP contribution in [0.15, 0.2) is 0 Å². The molecule has 1 atom stereocenters. The lowest BCUT2D eigenvalue weighted by Gasteiger charge is -2.16. The average Bonchev–Trinajstić information content (AvgIpc) is 2.15. The van der Waals surface area contributed by atoms with Gasteiger partial charge in [-0.3, -0.25) is 8.74 Å². The Kier molecular flexibility index (Phi) is 6.39. The zero-order chi connectivity index (χ0) is 10.2. The van der Waals surface area contributed by atoms with E-state index < -0.39 is 11.4 Å². The normalized spacial score (nSPS) is 24.4. The summed E-state index contributed by atoms with van der Waals surface area (Å²) in [6.45, 7) is 0. The minimum Gasteiger partial charge on any atom is -0.284 e. The minimum atomic E-state index is -2.09. The quantitative estimate of drug-likeness (QED) is 0.728. The maximum Gasteiger partial charge on any atom is 0.302 e. The van der Waals surface area contributed by atoms with Crippen LogP contribution in [0.2, 0.25) is 0 Å². The number of rotatable bonds is 2. The van der Waals surface area contributed by atoms with Gasteiger partial charge in [-0.05, 0) is 12.8 Å². The zero-order valence-corrected chi connectivity index (χ0v) is 9.43. The van der Waals surface area contributed by atoms with Crippen molar-refractivity contribution in [1.29, 1.82) is 0 Å². The lowest BCUT2D eigenvalue weighted by atomic mass is 9.99. The molecule has 0 heterocycles. The van der Waals surface area contributed by atoms with Gasteiger partial charge in [-0.1, -0.05) is 44.9 Å². The fourth-order valence-electron chi connectivity index (χ4n) is 1.98. The molecule has 1 rings (SSSR count). The van der Waals surface area contributed by atoms with Gasteiger partial charge in [-0.15, -0.1) is 0 Å². The fourth-order valence-corrected chi connectivity index (χ4v) is 2.41. The van der Waals surface area contributed by atoms with E-state index in [0.29, 0.717) is 0 Å². The first-order valence-corrected chi connectivity index (χ1v) is 6.60. The molecule has 84 valence electrons. The van der Waals surface area contributed by atoms with Gasteiger partial charge in [-0.25, -0.2) is 0 Å². The lowest BCUT2D eigenvalue weighted by molar-refractivity contribution is 0.174. The Morgan fingerprint density at radius 3 is 1.79 bits per heavy atom. The van der Waals surface area contributed by atoms with Crippen LogP contribution in [0.3, 0.4) is 0 Å². The molecular formula is C10H20O3S. The van der Waals surface area contributed by atoms with Crippen LogP contribution < -0.4 is 0 Å². The maximum atomic E-state index is 10.5. The van der Waals surface area contributed by atoms with Crippen molar-refractivity contribution in [3.8, 4) is 0 Å². The van der Waals surface area contributed by atoms with Crippen molar-refractivity contribution in [3.63, 3.8) is 0 Å². The van der Waals surface area contributed by atoms with Crippen LogP contribution in [0, 0.1) is 0 Å². The maximum absolute atomic E-state index is 10.5. The summed E-state index contributed by atoms with van der Waals surface area (Å²) in [7, 11) is 0. The molecule has 0 bridgehead atoms. The van der Waals surface area contributed by atoms with E-state index in [1.165, 1.54) is 32.1 Å². The molecule has 4 heteroatoms. The topological polar surface area (TPSA) is 46.5 Å². The van der Waals surface area contributed by atoms with Crippen LogP contribution >= 0.6 is 0 Å². The molecule has 1 N–H and O–H groups in total. The van der Waals surface area contributed by atoms with Gasteiger partial charge in [0.1, 0.15) is 0 Å². The second kappa shape index (κ2) is 7.37. The number of hydrogen-bond acceptors (Lipinski definition) is 2. The molecule has 0 amide bonds. The van der Waals surface area contributed by atoms with E-state index in [2.05, 4.69) is 0 Å². The SMILES string of the molecule is O=S(O)OC1CCCCCCCCC1. The Bertz CT molecular complexity index is 163. The summed E-state index contributed by atoms with van der Waals surface area (Å²) >= 11 is -2.09. The third-order valence-corrected chi connectivity index (χ3v) is 3.21. The Morgan fingerprint density at radius 1 is 0.929 bits per heavy atom. The summed E-state index contributed by atoms with van der Waals surface area (Å²) in [6.07, 6.45) is 10.5. The van der Waals surface area contributed by atoms with Crippen molar-refractivity contribution in [2.45, 2.75) is 63.9 Å². The van der Waals surface area contributed by atoms with Crippen LogP contribution in [-0.2, 0) is 15.5 Å². The van der Waals surface area contributed by atoms with Crippen LogP contribution in [0.25, 0.3) is 0 Å². The standard InChI is InChI=1S/C10H20O3S/c11-14(12)13-10-8-6-4-2-1-3-5-7-9-10/h10H,1-9H2,(H,11,12). The van der Waals surface area contributed by atoms with E-state index in [1.807, 2.05) is 0 Å². The molecule has 0 aliphatic heterocycles. The van der Waals surface area contributed by atoms with Crippen LogP contribution in [0.1, 0.15) is 57.8 Å². The first-order chi connectivity index (χ1) is 6.79. The van der Waals surface area contributed by atoms with Gasteiger partial charge in [0.25, 0.3) is 0 Å². The van der Waals surface area contributed by atoms with Gasteiger partial charge in [0.2, 0.25) is 0 Å². The molecule has 0 saturated heterocycles. The largest absolute Gasteiger partial charge is 0.302 e. The Hall–Kier alpha value is 0.0700. The van der Waals surface area contributed by atoms with Gasteiger partial charge < -0.3 is 0 Å². The Morgan fingerprint density at radius 2 is 1.36 bits per heavy atom. The molecule has 0 spiro atoms. The fraction of sp³-hybridized carbons (Fsp3) is 1.00. The van der Waals surface area contributed by atoms with E-state index >= 15 is 0 Å². The monoisotopic (exact) mass is 220 g/mol. The van der Waals surface area contributed by atoms with Crippen LogP contribution in [0.4, 0.5) is 0 Å². The van der Waals surface area contributed by atoms with Crippen molar-refractivity contribution in [1.82, 2.24) is 0 Å². The van der Waals surface area contributed by atoms with Crippen molar-refractivity contribution < 1.29 is 12.9 Å². The van der Waals surface area contributed by atoms with E-state index in [1.54, 1.807) is 0 Å². The highest BCUT2D eigenvalue weighted by molar-refractivity contribution is 7.74. The molecule has 1 aliphatic carbocycles. The molecular weight excluding hydrogens is 200 g/mol. The van der Waals surface area contributed by atoms with E-state index in [0.717, 1.165) is 25.7 Å². The third kappa shape index (κ3) is 5.73. The minimum absolute atomic E-state index is 0.000988. The molecule has 3 nitrogen and oxygen atoms in total. The lowest BCUT2D eigenvalue weighted by Crippen LogP contribution is -2.14. The highest BCUT2D eigenvalue weighted by Crippen LogP contribution is 2.19. The third-order valence-electron chi connectivity index (χ3n) is 2.77. The van der Waals surface area contributed by atoms with Crippen molar-refractivity contribution >= 4 is 11.4 Å². The Balaban J connectivity index is 2.26. The molecule has 14 heavy (non-hydrogen) atoms. The molecule has 0 radical (unpaired) electrons.